The first-order valence-corrected chi connectivity index (χ1v) is 10.0. The highest BCUT2D eigenvalue weighted by Gasteiger charge is 2.27. The van der Waals surface area contributed by atoms with Gasteiger partial charge in [-0.05, 0) is 45.2 Å². The minimum Gasteiger partial charge on any atom is -0.356 e. The number of unbranched alkanes of at least 4 members (excludes halogenated alkanes) is 1. The van der Waals surface area contributed by atoms with Gasteiger partial charge in [-0.1, -0.05) is 13.3 Å². The molecule has 26 heavy (non-hydrogen) atoms. The number of amides is 3. The lowest BCUT2D eigenvalue weighted by molar-refractivity contribution is -0.130. The van der Waals surface area contributed by atoms with E-state index in [0.29, 0.717) is 6.54 Å². The first kappa shape index (κ1) is 20.7. The SMILES string of the molecule is CCCCNC(=O)C1CCN(CC(=O)NC2CCN(C(C)=O)CC2)CC1. The first-order chi connectivity index (χ1) is 12.5. The van der Waals surface area contributed by atoms with Crippen LogP contribution in [0.3, 0.4) is 0 Å². The monoisotopic (exact) mass is 366 g/mol. The van der Waals surface area contributed by atoms with Crippen LogP contribution in [-0.2, 0) is 14.4 Å². The van der Waals surface area contributed by atoms with E-state index in [4.69, 9.17) is 0 Å². The minimum atomic E-state index is 0.0529. The number of hydrogen-bond donors (Lipinski definition) is 2. The molecule has 0 bridgehead atoms. The van der Waals surface area contributed by atoms with Gasteiger partial charge in [-0.3, -0.25) is 19.3 Å². The van der Waals surface area contributed by atoms with E-state index in [1.807, 2.05) is 4.90 Å². The van der Waals surface area contributed by atoms with Crippen LogP contribution in [0.25, 0.3) is 0 Å². The summed E-state index contributed by atoms with van der Waals surface area (Å²) in [6, 6.07) is 0.167. The molecule has 2 N–H and O–H groups in total. The Balaban J connectivity index is 1.62. The molecule has 0 aromatic rings. The van der Waals surface area contributed by atoms with Crippen LogP contribution in [-0.4, -0.2) is 72.8 Å². The second-order valence-electron chi connectivity index (χ2n) is 7.54. The Morgan fingerprint density at radius 1 is 1.00 bits per heavy atom. The van der Waals surface area contributed by atoms with Crippen LogP contribution in [0.15, 0.2) is 0 Å². The highest BCUT2D eigenvalue weighted by molar-refractivity contribution is 5.79. The second-order valence-corrected chi connectivity index (χ2v) is 7.54. The molecule has 2 saturated heterocycles. The molecule has 7 nitrogen and oxygen atoms in total. The van der Waals surface area contributed by atoms with E-state index in [0.717, 1.165) is 71.2 Å². The zero-order valence-electron chi connectivity index (χ0n) is 16.3. The molecular formula is C19H34N4O3. The number of carbonyl (C=O) groups is 3. The zero-order chi connectivity index (χ0) is 18.9. The predicted octanol–water partition coefficient (Wildman–Crippen LogP) is 0.742. The molecule has 0 unspecified atom stereocenters. The normalized spacial score (nSPS) is 20.0. The molecule has 0 spiro atoms. The van der Waals surface area contributed by atoms with Gasteiger partial charge < -0.3 is 15.5 Å². The first-order valence-electron chi connectivity index (χ1n) is 10.0. The van der Waals surface area contributed by atoms with Crippen LogP contribution < -0.4 is 10.6 Å². The topological polar surface area (TPSA) is 81.8 Å². The molecule has 148 valence electrons. The number of carbonyl (C=O) groups excluding carboxylic acids is 3. The minimum absolute atomic E-state index is 0.0529. The van der Waals surface area contributed by atoms with Gasteiger partial charge in [-0.2, -0.15) is 0 Å². The fraction of sp³-hybridized carbons (Fsp3) is 0.842. The van der Waals surface area contributed by atoms with Crippen molar-refractivity contribution in [3.05, 3.63) is 0 Å². The maximum absolute atomic E-state index is 12.3. The molecule has 0 aromatic heterocycles. The molecule has 2 heterocycles. The van der Waals surface area contributed by atoms with Crippen molar-refractivity contribution in [3.63, 3.8) is 0 Å². The third kappa shape index (κ3) is 6.59. The van der Waals surface area contributed by atoms with E-state index in [2.05, 4.69) is 22.5 Å². The Morgan fingerprint density at radius 2 is 1.65 bits per heavy atom. The molecule has 0 aromatic carbocycles. The fourth-order valence-electron chi connectivity index (χ4n) is 3.70. The number of rotatable bonds is 7. The summed E-state index contributed by atoms with van der Waals surface area (Å²) in [5.41, 5.74) is 0. The fourth-order valence-corrected chi connectivity index (χ4v) is 3.70. The number of nitrogens with one attached hydrogen (secondary N) is 2. The van der Waals surface area contributed by atoms with Gasteiger partial charge in [0.05, 0.1) is 6.54 Å². The summed E-state index contributed by atoms with van der Waals surface area (Å²) in [7, 11) is 0. The van der Waals surface area contributed by atoms with Gasteiger partial charge in [0.1, 0.15) is 0 Å². The van der Waals surface area contributed by atoms with Crippen LogP contribution in [0, 0.1) is 5.92 Å². The average Bonchev–Trinajstić information content (AvgIpc) is 2.62. The number of piperidine rings is 2. The molecule has 0 radical (unpaired) electrons. The number of nitrogens with zero attached hydrogens (tertiary/aromatic N) is 2. The van der Waals surface area contributed by atoms with E-state index in [1.165, 1.54) is 0 Å². The Kier molecular flexibility index (Phi) is 8.35. The maximum atomic E-state index is 12.3. The summed E-state index contributed by atoms with van der Waals surface area (Å²) in [4.78, 5) is 39.7. The highest BCUT2D eigenvalue weighted by Crippen LogP contribution is 2.17. The van der Waals surface area contributed by atoms with Crippen LogP contribution in [0.5, 0.6) is 0 Å². The standard InChI is InChI=1S/C19H34N4O3/c1-3-4-9-20-19(26)16-5-10-22(11-6-16)14-18(25)21-17-7-12-23(13-8-17)15(2)24/h16-17H,3-14H2,1-2H3,(H,20,26)(H,21,25). The molecule has 0 atom stereocenters. The van der Waals surface area contributed by atoms with E-state index in [1.54, 1.807) is 6.92 Å². The molecule has 2 aliphatic heterocycles. The van der Waals surface area contributed by atoms with Crippen LogP contribution in [0.2, 0.25) is 0 Å². The average molecular weight is 367 g/mol. The molecule has 2 aliphatic rings. The van der Waals surface area contributed by atoms with E-state index >= 15 is 0 Å². The van der Waals surface area contributed by atoms with Crippen LogP contribution in [0.1, 0.15) is 52.4 Å². The summed E-state index contributed by atoms with van der Waals surface area (Å²) in [5, 5.41) is 6.11. The lowest BCUT2D eigenvalue weighted by Gasteiger charge is -2.33. The largest absolute Gasteiger partial charge is 0.356 e. The lowest BCUT2D eigenvalue weighted by atomic mass is 9.96. The van der Waals surface area contributed by atoms with Crippen molar-refractivity contribution < 1.29 is 14.4 Å². The Morgan fingerprint density at radius 3 is 2.23 bits per heavy atom. The number of hydrogen-bond acceptors (Lipinski definition) is 4. The molecule has 3 amide bonds. The Hall–Kier alpha value is -1.63. The van der Waals surface area contributed by atoms with Crippen molar-refractivity contribution in [2.75, 3.05) is 39.3 Å². The third-order valence-corrected chi connectivity index (χ3v) is 5.46. The van der Waals surface area contributed by atoms with E-state index < -0.39 is 0 Å². The summed E-state index contributed by atoms with van der Waals surface area (Å²) in [6.45, 7) is 7.90. The van der Waals surface area contributed by atoms with E-state index in [-0.39, 0.29) is 29.7 Å². The maximum Gasteiger partial charge on any atom is 0.234 e. The van der Waals surface area contributed by atoms with Crippen molar-refractivity contribution in [1.82, 2.24) is 20.4 Å². The summed E-state index contributed by atoms with van der Waals surface area (Å²) in [5.74, 6) is 0.412. The second kappa shape index (κ2) is 10.5. The number of likely N-dealkylation sites (tertiary alicyclic amines) is 2. The molecular weight excluding hydrogens is 332 g/mol. The summed E-state index contributed by atoms with van der Waals surface area (Å²) < 4.78 is 0. The van der Waals surface area contributed by atoms with Gasteiger partial charge in [0.15, 0.2) is 0 Å². The molecule has 0 saturated carbocycles. The molecule has 7 heteroatoms. The van der Waals surface area contributed by atoms with Crippen molar-refractivity contribution >= 4 is 17.7 Å². The summed E-state index contributed by atoms with van der Waals surface area (Å²) >= 11 is 0. The van der Waals surface area contributed by atoms with E-state index in [9.17, 15) is 14.4 Å². The van der Waals surface area contributed by atoms with Crippen molar-refractivity contribution in [2.45, 2.75) is 58.4 Å². The van der Waals surface area contributed by atoms with Crippen molar-refractivity contribution in [1.29, 1.82) is 0 Å². The Bertz CT molecular complexity index is 481. The van der Waals surface area contributed by atoms with Gasteiger partial charge in [-0.15, -0.1) is 0 Å². The lowest BCUT2D eigenvalue weighted by Crippen LogP contribution is -2.49. The summed E-state index contributed by atoms with van der Waals surface area (Å²) in [6.07, 6.45) is 5.40. The third-order valence-electron chi connectivity index (χ3n) is 5.46. The quantitative estimate of drug-likeness (QED) is 0.651. The van der Waals surface area contributed by atoms with Gasteiger partial charge in [0.25, 0.3) is 0 Å². The zero-order valence-corrected chi connectivity index (χ0v) is 16.3. The van der Waals surface area contributed by atoms with Gasteiger partial charge >= 0.3 is 0 Å². The van der Waals surface area contributed by atoms with Crippen LogP contribution >= 0.6 is 0 Å². The smallest absolute Gasteiger partial charge is 0.234 e. The van der Waals surface area contributed by atoms with Crippen LogP contribution in [0.4, 0.5) is 0 Å². The predicted molar refractivity (Wildman–Crippen MR) is 101 cm³/mol. The Labute approximate surface area is 156 Å². The van der Waals surface area contributed by atoms with Gasteiger partial charge in [0.2, 0.25) is 17.7 Å². The highest BCUT2D eigenvalue weighted by atomic mass is 16.2. The van der Waals surface area contributed by atoms with Gasteiger partial charge in [-0.25, -0.2) is 0 Å². The molecule has 2 rings (SSSR count). The van der Waals surface area contributed by atoms with Crippen molar-refractivity contribution in [2.24, 2.45) is 5.92 Å². The van der Waals surface area contributed by atoms with Gasteiger partial charge in [0, 0.05) is 38.5 Å². The van der Waals surface area contributed by atoms with Crippen molar-refractivity contribution in [3.8, 4) is 0 Å². The molecule has 2 fully saturated rings. The molecule has 0 aliphatic carbocycles.